The molecule has 0 bridgehead atoms. The zero-order valence-corrected chi connectivity index (χ0v) is 17.1. The first-order valence-electron chi connectivity index (χ1n) is 8.56. The fourth-order valence-electron chi connectivity index (χ4n) is 2.80. The molecule has 1 N–H and O–H groups in total. The van der Waals surface area contributed by atoms with Gasteiger partial charge in [0.2, 0.25) is 0 Å². The van der Waals surface area contributed by atoms with Crippen molar-refractivity contribution in [2.24, 2.45) is 0 Å². The average molecular weight is 437 g/mol. The molecular weight excluding hydrogens is 420 g/mol. The number of aromatic nitrogens is 2. The van der Waals surface area contributed by atoms with Crippen molar-refractivity contribution < 1.29 is 13.2 Å². The smallest absolute Gasteiger partial charge is 0.271 e. The second-order valence-corrected chi connectivity index (χ2v) is 9.74. The van der Waals surface area contributed by atoms with Gasteiger partial charge in [-0.15, -0.1) is 21.5 Å². The highest BCUT2D eigenvalue weighted by Gasteiger charge is 2.17. The van der Waals surface area contributed by atoms with Gasteiger partial charge in [0.05, 0.1) is 23.2 Å². The van der Waals surface area contributed by atoms with Crippen LogP contribution in [0.3, 0.4) is 0 Å². The van der Waals surface area contributed by atoms with Crippen molar-refractivity contribution >= 4 is 44.5 Å². The highest BCUT2D eigenvalue weighted by molar-refractivity contribution is 7.94. The summed E-state index contributed by atoms with van der Waals surface area (Å²) in [5, 5.41) is 8.59. The molecule has 2 aromatic heterocycles. The van der Waals surface area contributed by atoms with Crippen molar-refractivity contribution in [3.8, 4) is 11.3 Å². The molecule has 0 atom stereocenters. The van der Waals surface area contributed by atoms with Crippen LogP contribution >= 0.6 is 22.9 Å². The Hall–Kier alpha value is -2.20. The van der Waals surface area contributed by atoms with Gasteiger partial charge in [0.25, 0.3) is 10.0 Å². The molecule has 0 amide bonds. The summed E-state index contributed by atoms with van der Waals surface area (Å²) < 4.78 is 33.2. The lowest BCUT2D eigenvalue weighted by Gasteiger charge is -2.27. The topological polar surface area (TPSA) is 84.4 Å². The van der Waals surface area contributed by atoms with E-state index in [1.165, 1.54) is 6.07 Å². The standard InChI is InChI=1S/C18H17ClN4O3S2/c19-16-6-8-18(27-16)28(24,25)22-14-3-1-13(2-4-14)15-5-7-17(21-20-15)23-9-11-26-12-10-23/h1-8,22H,9-12H2. The Kier molecular flexibility index (Phi) is 5.49. The molecule has 0 aliphatic carbocycles. The number of anilines is 2. The summed E-state index contributed by atoms with van der Waals surface area (Å²) >= 11 is 6.83. The zero-order chi connectivity index (χ0) is 19.6. The van der Waals surface area contributed by atoms with E-state index in [0.717, 1.165) is 41.5 Å². The lowest BCUT2D eigenvalue weighted by molar-refractivity contribution is 0.122. The van der Waals surface area contributed by atoms with Gasteiger partial charge >= 0.3 is 0 Å². The third kappa shape index (κ3) is 4.27. The Morgan fingerprint density at radius 2 is 1.75 bits per heavy atom. The first-order valence-corrected chi connectivity index (χ1v) is 11.2. The lowest BCUT2D eigenvalue weighted by atomic mass is 10.1. The van der Waals surface area contributed by atoms with E-state index in [1.807, 2.05) is 12.1 Å². The van der Waals surface area contributed by atoms with Crippen molar-refractivity contribution in [2.75, 3.05) is 35.9 Å². The molecule has 4 rings (SSSR count). The Morgan fingerprint density at radius 3 is 2.36 bits per heavy atom. The summed E-state index contributed by atoms with van der Waals surface area (Å²) in [6, 6.07) is 13.9. The molecule has 0 radical (unpaired) electrons. The normalized spacial score (nSPS) is 14.8. The quantitative estimate of drug-likeness (QED) is 0.659. The lowest BCUT2D eigenvalue weighted by Crippen LogP contribution is -2.36. The van der Waals surface area contributed by atoms with Gasteiger partial charge in [-0.2, -0.15) is 0 Å². The number of morpholine rings is 1. The second kappa shape index (κ2) is 8.04. The number of benzene rings is 1. The van der Waals surface area contributed by atoms with Gasteiger partial charge in [-0.1, -0.05) is 23.7 Å². The first-order chi connectivity index (χ1) is 13.5. The molecule has 0 spiro atoms. The van der Waals surface area contributed by atoms with Gasteiger partial charge < -0.3 is 9.64 Å². The van der Waals surface area contributed by atoms with Crippen molar-refractivity contribution in [1.29, 1.82) is 0 Å². The summed E-state index contributed by atoms with van der Waals surface area (Å²) in [7, 11) is -3.65. The van der Waals surface area contributed by atoms with Crippen LogP contribution in [0.15, 0.2) is 52.7 Å². The summed E-state index contributed by atoms with van der Waals surface area (Å²) in [5.74, 6) is 0.825. The number of ether oxygens (including phenoxy) is 1. The fraction of sp³-hybridized carbons (Fsp3) is 0.222. The summed E-state index contributed by atoms with van der Waals surface area (Å²) in [6.45, 7) is 2.99. The molecule has 10 heteroatoms. The molecule has 3 aromatic rings. The number of thiophene rings is 1. The molecule has 1 aromatic carbocycles. The minimum Gasteiger partial charge on any atom is -0.378 e. The van der Waals surface area contributed by atoms with Crippen LogP contribution in [-0.4, -0.2) is 44.9 Å². The minimum absolute atomic E-state index is 0.172. The number of sulfonamides is 1. The molecule has 0 unspecified atom stereocenters. The van der Waals surface area contributed by atoms with E-state index in [0.29, 0.717) is 23.2 Å². The molecular formula is C18H17ClN4O3S2. The minimum atomic E-state index is -3.65. The molecule has 1 fully saturated rings. The highest BCUT2D eigenvalue weighted by Crippen LogP contribution is 2.28. The predicted octanol–water partition coefficient (Wildman–Crippen LogP) is 3.50. The number of nitrogens with zero attached hydrogens (tertiary/aromatic N) is 3. The second-order valence-electron chi connectivity index (χ2n) is 6.12. The van der Waals surface area contributed by atoms with Crippen molar-refractivity contribution in [2.45, 2.75) is 4.21 Å². The third-order valence-electron chi connectivity index (χ3n) is 4.23. The fourth-order valence-corrected chi connectivity index (χ4v) is 5.34. The van der Waals surface area contributed by atoms with Crippen LogP contribution in [0.2, 0.25) is 4.34 Å². The third-order valence-corrected chi connectivity index (χ3v) is 7.34. The first kappa shape index (κ1) is 19.1. The molecule has 3 heterocycles. The number of halogens is 1. The molecule has 1 saturated heterocycles. The van der Waals surface area contributed by atoms with Crippen LogP contribution in [0.5, 0.6) is 0 Å². The number of hydrogen-bond acceptors (Lipinski definition) is 7. The number of nitrogens with one attached hydrogen (secondary N) is 1. The average Bonchev–Trinajstić information content (AvgIpc) is 3.17. The summed E-state index contributed by atoms with van der Waals surface area (Å²) in [4.78, 5) is 2.13. The summed E-state index contributed by atoms with van der Waals surface area (Å²) in [5.41, 5.74) is 2.03. The van der Waals surface area contributed by atoms with Crippen LogP contribution in [-0.2, 0) is 14.8 Å². The van der Waals surface area contributed by atoms with Gasteiger partial charge in [0.15, 0.2) is 5.82 Å². The van der Waals surface area contributed by atoms with Crippen LogP contribution in [0.4, 0.5) is 11.5 Å². The monoisotopic (exact) mass is 436 g/mol. The van der Waals surface area contributed by atoms with Crippen molar-refractivity contribution in [3.63, 3.8) is 0 Å². The molecule has 1 aliphatic heterocycles. The predicted molar refractivity (Wildman–Crippen MR) is 111 cm³/mol. The van der Waals surface area contributed by atoms with E-state index in [2.05, 4.69) is 19.8 Å². The van der Waals surface area contributed by atoms with Crippen LogP contribution in [0.25, 0.3) is 11.3 Å². The summed E-state index contributed by atoms with van der Waals surface area (Å²) in [6.07, 6.45) is 0. The maximum atomic E-state index is 12.4. The molecule has 1 aliphatic rings. The SMILES string of the molecule is O=S(=O)(Nc1ccc(-c2ccc(N3CCOCC3)nn2)cc1)c1ccc(Cl)s1. The van der Waals surface area contributed by atoms with Gasteiger partial charge in [-0.3, -0.25) is 4.72 Å². The van der Waals surface area contributed by atoms with E-state index < -0.39 is 10.0 Å². The van der Waals surface area contributed by atoms with Crippen LogP contribution in [0, 0.1) is 0 Å². The van der Waals surface area contributed by atoms with Gasteiger partial charge in [-0.25, -0.2) is 8.42 Å². The molecule has 0 saturated carbocycles. The Balaban J connectivity index is 1.47. The molecule has 7 nitrogen and oxygen atoms in total. The van der Waals surface area contributed by atoms with Gasteiger partial charge in [0.1, 0.15) is 4.21 Å². The highest BCUT2D eigenvalue weighted by atomic mass is 35.5. The van der Waals surface area contributed by atoms with E-state index in [-0.39, 0.29) is 4.21 Å². The zero-order valence-electron chi connectivity index (χ0n) is 14.7. The van der Waals surface area contributed by atoms with E-state index in [4.69, 9.17) is 16.3 Å². The van der Waals surface area contributed by atoms with E-state index in [1.54, 1.807) is 30.3 Å². The van der Waals surface area contributed by atoms with Crippen LogP contribution < -0.4 is 9.62 Å². The Bertz CT molecular complexity index is 1050. The maximum absolute atomic E-state index is 12.4. The van der Waals surface area contributed by atoms with Gasteiger partial charge in [-0.05, 0) is 36.4 Å². The van der Waals surface area contributed by atoms with Crippen molar-refractivity contribution in [1.82, 2.24) is 10.2 Å². The Morgan fingerprint density at radius 1 is 1.00 bits per heavy atom. The van der Waals surface area contributed by atoms with Crippen molar-refractivity contribution in [3.05, 3.63) is 52.9 Å². The largest absolute Gasteiger partial charge is 0.378 e. The van der Waals surface area contributed by atoms with Gasteiger partial charge in [0, 0.05) is 24.3 Å². The number of hydrogen-bond donors (Lipinski definition) is 1. The van der Waals surface area contributed by atoms with Crippen LogP contribution in [0.1, 0.15) is 0 Å². The van der Waals surface area contributed by atoms with E-state index >= 15 is 0 Å². The van der Waals surface area contributed by atoms with E-state index in [9.17, 15) is 8.42 Å². The molecule has 146 valence electrons. The Labute approximate surface area is 172 Å². The maximum Gasteiger partial charge on any atom is 0.271 e. The number of rotatable bonds is 5. The molecule has 28 heavy (non-hydrogen) atoms.